The number of hydrogen-bond donors (Lipinski definition) is 1. The highest BCUT2D eigenvalue weighted by molar-refractivity contribution is 5.82. The summed E-state index contributed by atoms with van der Waals surface area (Å²) >= 11 is 0. The molecule has 1 aromatic rings. The van der Waals surface area contributed by atoms with Gasteiger partial charge in [-0.1, -0.05) is 6.92 Å². The standard InChI is InChI=1S/C5H8N4O2/c1-2-3-9-7-4(5(10)11)6-8-9/h2-3H2,1H3,(H,10,11). The molecule has 0 aromatic carbocycles. The van der Waals surface area contributed by atoms with Crippen molar-refractivity contribution in [2.45, 2.75) is 19.9 Å². The molecule has 0 fully saturated rings. The minimum Gasteiger partial charge on any atom is -0.475 e. The highest BCUT2D eigenvalue weighted by Crippen LogP contribution is 1.87. The number of aryl methyl sites for hydroxylation is 1. The molecular formula is C5H8N4O2. The van der Waals surface area contributed by atoms with Gasteiger partial charge in [-0.05, 0) is 11.6 Å². The lowest BCUT2D eigenvalue weighted by atomic mass is 10.5. The first-order valence-electron chi connectivity index (χ1n) is 3.25. The van der Waals surface area contributed by atoms with Gasteiger partial charge in [0.2, 0.25) is 0 Å². The van der Waals surface area contributed by atoms with Crippen molar-refractivity contribution < 1.29 is 9.90 Å². The van der Waals surface area contributed by atoms with Crippen LogP contribution in [0.15, 0.2) is 0 Å². The topological polar surface area (TPSA) is 80.9 Å². The van der Waals surface area contributed by atoms with E-state index in [-0.39, 0.29) is 5.82 Å². The number of aromatic carboxylic acids is 1. The van der Waals surface area contributed by atoms with Crippen molar-refractivity contribution in [3.05, 3.63) is 5.82 Å². The number of nitrogens with zero attached hydrogens (tertiary/aromatic N) is 4. The number of carboxylic acid groups (broad SMARTS) is 1. The highest BCUT2D eigenvalue weighted by atomic mass is 16.4. The Balaban J connectivity index is 2.73. The van der Waals surface area contributed by atoms with Gasteiger partial charge in [0.15, 0.2) is 0 Å². The van der Waals surface area contributed by atoms with Crippen LogP contribution in [0.1, 0.15) is 24.0 Å². The Labute approximate surface area is 62.8 Å². The molecule has 1 N–H and O–H groups in total. The van der Waals surface area contributed by atoms with E-state index in [0.717, 1.165) is 6.42 Å². The first-order valence-corrected chi connectivity index (χ1v) is 3.25. The molecule has 0 saturated heterocycles. The van der Waals surface area contributed by atoms with E-state index in [1.807, 2.05) is 6.92 Å². The summed E-state index contributed by atoms with van der Waals surface area (Å²) in [6, 6.07) is 0. The van der Waals surface area contributed by atoms with Crippen LogP contribution in [0.2, 0.25) is 0 Å². The van der Waals surface area contributed by atoms with Crippen molar-refractivity contribution in [2.75, 3.05) is 0 Å². The van der Waals surface area contributed by atoms with E-state index in [4.69, 9.17) is 5.11 Å². The summed E-state index contributed by atoms with van der Waals surface area (Å²) in [6.07, 6.45) is 0.857. The first kappa shape index (κ1) is 7.64. The maximum absolute atomic E-state index is 10.2. The summed E-state index contributed by atoms with van der Waals surface area (Å²) in [5, 5.41) is 18.8. The Morgan fingerprint density at radius 3 is 2.91 bits per heavy atom. The number of carboxylic acids is 1. The zero-order chi connectivity index (χ0) is 8.27. The van der Waals surface area contributed by atoms with Crippen LogP contribution < -0.4 is 0 Å². The normalized spacial score (nSPS) is 9.91. The second-order valence-corrected chi connectivity index (χ2v) is 2.01. The van der Waals surface area contributed by atoms with Crippen molar-refractivity contribution in [1.29, 1.82) is 0 Å². The molecule has 1 rings (SSSR count). The van der Waals surface area contributed by atoms with Crippen LogP contribution in [-0.2, 0) is 6.54 Å². The molecule has 6 nitrogen and oxygen atoms in total. The van der Waals surface area contributed by atoms with E-state index in [1.165, 1.54) is 4.80 Å². The molecule has 0 amide bonds. The van der Waals surface area contributed by atoms with Gasteiger partial charge in [-0.3, -0.25) is 0 Å². The molecule has 1 heterocycles. The Hall–Kier alpha value is -1.46. The molecule has 0 aliphatic heterocycles. The van der Waals surface area contributed by atoms with Crippen LogP contribution in [0.25, 0.3) is 0 Å². The second-order valence-electron chi connectivity index (χ2n) is 2.01. The van der Waals surface area contributed by atoms with Gasteiger partial charge in [-0.15, -0.1) is 10.2 Å². The van der Waals surface area contributed by atoms with E-state index in [0.29, 0.717) is 6.54 Å². The minimum absolute atomic E-state index is 0.251. The lowest BCUT2D eigenvalue weighted by molar-refractivity contribution is 0.0683. The average molecular weight is 156 g/mol. The van der Waals surface area contributed by atoms with E-state index < -0.39 is 5.97 Å². The van der Waals surface area contributed by atoms with Gasteiger partial charge in [0.1, 0.15) is 0 Å². The maximum atomic E-state index is 10.2. The van der Waals surface area contributed by atoms with Gasteiger partial charge >= 0.3 is 5.97 Å². The summed E-state index contributed by atoms with van der Waals surface area (Å²) in [5.41, 5.74) is 0. The van der Waals surface area contributed by atoms with Crippen LogP contribution in [0.5, 0.6) is 0 Å². The fraction of sp³-hybridized carbons (Fsp3) is 0.600. The van der Waals surface area contributed by atoms with Crippen molar-refractivity contribution >= 4 is 5.97 Å². The van der Waals surface area contributed by atoms with Crippen LogP contribution in [-0.4, -0.2) is 31.3 Å². The molecule has 0 spiro atoms. The zero-order valence-electron chi connectivity index (χ0n) is 6.06. The van der Waals surface area contributed by atoms with Gasteiger partial charge in [0.05, 0.1) is 6.54 Å². The molecule has 6 heteroatoms. The van der Waals surface area contributed by atoms with E-state index in [9.17, 15) is 4.79 Å². The lowest BCUT2D eigenvalue weighted by Gasteiger charge is -1.89. The lowest BCUT2D eigenvalue weighted by Crippen LogP contribution is -2.03. The third-order valence-electron chi connectivity index (χ3n) is 1.07. The number of tetrazole rings is 1. The van der Waals surface area contributed by atoms with E-state index >= 15 is 0 Å². The summed E-state index contributed by atoms with van der Waals surface area (Å²) in [6.45, 7) is 2.55. The molecule has 0 unspecified atom stereocenters. The Morgan fingerprint density at radius 2 is 2.45 bits per heavy atom. The summed E-state index contributed by atoms with van der Waals surface area (Å²) in [7, 11) is 0. The largest absolute Gasteiger partial charge is 0.475 e. The Morgan fingerprint density at radius 1 is 1.73 bits per heavy atom. The highest BCUT2D eigenvalue weighted by Gasteiger charge is 2.08. The number of hydrogen-bond acceptors (Lipinski definition) is 4. The van der Waals surface area contributed by atoms with Crippen LogP contribution in [0.4, 0.5) is 0 Å². The second kappa shape index (κ2) is 3.09. The fourth-order valence-corrected chi connectivity index (χ4v) is 0.624. The molecule has 60 valence electrons. The Bertz CT molecular complexity index is 257. The molecule has 0 bridgehead atoms. The number of carbonyl (C=O) groups is 1. The fourth-order valence-electron chi connectivity index (χ4n) is 0.624. The smallest absolute Gasteiger partial charge is 0.377 e. The SMILES string of the molecule is CCCn1nnc(C(=O)O)n1. The van der Waals surface area contributed by atoms with Crippen molar-refractivity contribution in [2.24, 2.45) is 0 Å². The van der Waals surface area contributed by atoms with Gasteiger partial charge in [-0.25, -0.2) is 4.79 Å². The van der Waals surface area contributed by atoms with Gasteiger partial charge in [-0.2, -0.15) is 4.80 Å². The maximum Gasteiger partial charge on any atom is 0.377 e. The van der Waals surface area contributed by atoms with Crippen LogP contribution in [0, 0.1) is 0 Å². The zero-order valence-corrected chi connectivity index (χ0v) is 6.06. The summed E-state index contributed by atoms with van der Waals surface area (Å²) < 4.78 is 0. The molecule has 0 atom stereocenters. The minimum atomic E-state index is -1.15. The van der Waals surface area contributed by atoms with Gasteiger partial charge < -0.3 is 5.11 Å². The summed E-state index contributed by atoms with van der Waals surface area (Å²) in [4.78, 5) is 11.5. The molecule has 1 aromatic heterocycles. The van der Waals surface area contributed by atoms with E-state index in [2.05, 4.69) is 15.4 Å². The quantitative estimate of drug-likeness (QED) is 0.654. The molecule has 0 radical (unpaired) electrons. The molecule has 11 heavy (non-hydrogen) atoms. The molecular weight excluding hydrogens is 148 g/mol. The number of aromatic nitrogens is 4. The summed E-state index contributed by atoms with van der Waals surface area (Å²) in [5.74, 6) is -1.40. The van der Waals surface area contributed by atoms with Crippen LogP contribution >= 0.6 is 0 Å². The molecule has 0 aliphatic carbocycles. The molecule has 0 saturated carbocycles. The third kappa shape index (κ3) is 1.73. The molecule has 0 aliphatic rings. The van der Waals surface area contributed by atoms with Crippen molar-refractivity contribution in [1.82, 2.24) is 20.2 Å². The first-order chi connectivity index (χ1) is 5.24. The van der Waals surface area contributed by atoms with E-state index in [1.54, 1.807) is 0 Å². The third-order valence-corrected chi connectivity index (χ3v) is 1.07. The van der Waals surface area contributed by atoms with Crippen molar-refractivity contribution in [3.63, 3.8) is 0 Å². The van der Waals surface area contributed by atoms with Crippen LogP contribution in [0.3, 0.4) is 0 Å². The number of rotatable bonds is 3. The Kier molecular flexibility index (Phi) is 2.15. The monoisotopic (exact) mass is 156 g/mol. The predicted octanol–water partition coefficient (Wildman–Crippen LogP) is -0.219. The van der Waals surface area contributed by atoms with Crippen molar-refractivity contribution in [3.8, 4) is 0 Å². The van der Waals surface area contributed by atoms with Gasteiger partial charge in [0.25, 0.3) is 5.82 Å². The predicted molar refractivity (Wildman–Crippen MR) is 35.1 cm³/mol. The van der Waals surface area contributed by atoms with Gasteiger partial charge in [0, 0.05) is 0 Å². The average Bonchev–Trinajstić information content (AvgIpc) is 2.37.